The summed E-state index contributed by atoms with van der Waals surface area (Å²) in [5.74, 6) is 6.30. The molecule has 1 aliphatic carbocycles. The molecule has 2 nitrogen and oxygen atoms in total. The normalized spacial score (nSPS) is 14.4. The number of benzene rings is 1. The molecule has 0 radical (unpaired) electrons. The minimum atomic E-state index is -2.84. The van der Waals surface area contributed by atoms with Gasteiger partial charge in [-0.3, -0.25) is 0 Å². The Labute approximate surface area is 92.4 Å². The molecule has 0 heterocycles. The van der Waals surface area contributed by atoms with Crippen molar-refractivity contribution in [2.75, 3.05) is 5.73 Å². The van der Waals surface area contributed by atoms with Crippen LogP contribution in [0.3, 0.4) is 0 Å². The highest BCUT2D eigenvalue weighted by Gasteiger charge is 2.18. The van der Waals surface area contributed by atoms with Crippen LogP contribution in [0.4, 0.5) is 14.5 Å². The predicted molar refractivity (Wildman–Crippen MR) is 57.1 cm³/mol. The second kappa shape index (κ2) is 4.40. The number of anilines is 1. The summed E-state index contributed by atoms with van der Waals surface area (Å²) in [6.45, 7) is -2.84. The van der Waals surface area contributed by atoms with Gasteiger partial charge in [0, 0.05) is 11.6 Å². The lowest BCUT2D eigenvalue weighted by Crippen LogP contribution is -2.03. The van der Waals surface area contributed by atoms with Crippen molar-refractivity contribution in [2.45, 2.75) is 19.5 Å². The summed E-state index contributed by atoms with van der Waals surface area (Å²) in [7, 11) is 0. The second-order valence-corrected chi connectivity index (χ2v) is 3.68. The van der Waals surface area contributed by atoms with E-state index in [1.807, 2.05) is 0 Å². The van der Waals surface area contributed by atoms with Crippen LogP contribution in [0, 0.1) is 17.8 Å². The zero-order valence-electron chi connectivity index (χ0n) is 8.54. The molecule has 4 heteroatoms. The van der Waals surface area contributed by atoms with E-state index in [1.54, 1.807) is 6.07 Å². The molecule has 0 atom stereocenters. The zero-order chi connectivity index (χ0) is 11.5. The van der Waals surface area contributed by atoms with E-state index in [2.05, 4.69) is 16.6 Å². The third-order valence-corrected chi connectivity index (χ3v) is 2.21. The molecular weight excluding hydrogens is 212 g/mol. The van der Waals surface area contributed by atoms with E-state index in [1.165, 1.54) is 12.1 Å². The van der Waals surface area contributed by atoms with Gasteiger partial charge in [0.15, 0.2) is 0 Å². The van der Waals surface area contributed by atoms with Gasteiger partial charge in [-0.15, -0.1) is 0 Å². The Morgan fingerprint density at radius 3 is 2.75 bits per heavy atom. The maximum Gasteiger partial charge on any atom is 0.387 e. The first-order chi connectivity index (χ1) is 7.65. The number of hydrogen-bond acceptors (Lipinski definition) is 2. The predicted octanol–water partition coefficient (Wildman–Crippen LogP) is 2.63. The molecular formula is C12H11F2NO. The minimum Gasteiger partial charge on any atom is -0.433 e. The van der Waals surface area contributed by atoms with E-state index < -0.39 is 6.61 Å². The molecule has 0 amide bonds. The highest BCUT2D eigenvalue weighted by Crippen LogP contribution is 2.28. The maximum absolute atomic E-state index is 12.1. The Morgan fingerprint density at radius 1 is 1.38 bits per heavy atom. The number of hydrogen-bond donors (Lipinski definition) is 1. The van der Waals surface area contributed by atoms with Crippen molar-refractivity contribution in [1.82, 2.24) is 0 Å². The van der Waals surface area contributed by atoms with Crippen molar-refractivity contribution in [3.8, 4) is 17.6 Å². The molecule has 1 saturated carbocycles. The average Bonchev–Trinajstić information content (AvgIpc) is 3.01. The van der Waals surface area contributed by atoms with E-state index in [-0.39, 0.29) is 5.75 Å². The fourth-order valence-electron chi connectivity index (χ4n) is 1.25. The SMILES string of the molecule is Nc1ccc(OC(F)F)c(C#CC2CC2)c1. The Kier molecular flexibility index (Phi) is 2.95. The third-order valence-electron chi connectivity index (χ3n) is 2.21. The Morgan fingerprint density at radius 2 is 2.12 bits per heavy atom. The van der Waals surface area contributed by atoms with E-state index in [0.29, 0.717) is 17.2 Å². The van der Waals surface area contributed by atoms with Gasteiger partial charge in [-0.05, 0) is 31.0 Å². The summed E-state index contributed by atoms with van der Waals surface area (Å²) in [6.07, 6.45) is 2.17. The van der Waals surface area contributed by atoms with Crippen LogP contribution in [0.5, 0.6) is 5.75 Å². The summed E-state index contributed by atoms with van der Waals surface area (Å²) in [5.41, 5.74) is 6.48. The molecule has 84 valence electrons. The van der Waals surface area contributed by atoms with Gasteiger partial charge in [0.25, 0.3) is 0 Å². The topological polar surface area (TPSA) is 35.2 Å². The minimum absolute atomic E-state index is 0.0809. The fraction of sp³-hybridized carbons (Fsp3) is 0.333. The van der Waals surface area contributed by atoms with Crippen molar-refractivity contribution in [2.24, 2.45) is 5.92 Å². The average molecular weight is 223 g/mol. The summed E-state index contributed by atoms with van der Waals surface area (Å²) >= 11 is 0. The fourth-order valence-corrected chi connectivity index (χ4v) is 1.25. The standard InChI is InChI=1S/C12H11F2NO/c13-12(14)16-11-6-5-10(15)7-9(11)4-3-8-1-2-8/h5-8,12H,1-2,15H2. The number of alkyl halides is 2. The number of nitrogen functional groups attached to an aromatic ring is 1. The molecule has 16 heavy (non-hydrogen) atoms. The van der Waals surface area contributed by atoms with Crippen LogP contribution in [0.2, 0.25) is 0 Å². The van der Waals surface area contributed by atoms with Crippen molar-refractivity contribution in [3.05, 3.63) is 23.8 Å². The van der Waals surface area contributed by atoms with Gasteiger partial charge >= 0.3 is 6.61 Å². The van der Waals surface area contributed by atoms with Gasteiger partial charge in [0.2, 0.25) is 0 Å². The summed E-state index contributed by atoms with van der Waals surface area (Å²) in [4.78, 5) is 0. The van der Waals surface area contributed by atoms with E-state index in [0.717, 1.165) is 12.8 Å². The molecule has 0 bridgehead atoms. The van der Waals surface area contributed by atoms with Crippen LogP contribution in [-0.4, -0.2) is 6.61 Å². The Hall–Kier alpha value is -1.76. The van der Waals surface area contributed by atoms with Gasteiger partial charge in [-0.25, -0.2) is 0 Å². The van der Waals surface area contributed by atoms with Crippen molar-refractivity contribution in [1.29, 1.82) is 0 Å². The van der Waals surface area contributed by atoms with E-state index >= 15 is 0 Å². The molecule has 1 fully saturated rings. The van der Waals surface area contributed by atoms with Crippen LogP contribution in [-0.2, 0) is 0 Å². The van der Waals surface area contributed by atoms with Crippen LogP contribution >= 0.6 is 0 Å². The van der Waals surface area contributed by atoms with Gasteiger partial charge in [0.05, 0.1) is 5.56 Å². The van der Waals surface area contributed by atoms with Crippen LogP contribution < -0.4 is 10.5 Å². The zero-order valence-corrected chi connectivity index (χ0v) is 8.54. The van der Waals surface area contributed by atoms with Crippen molar-refractivity contribution < 1.29 is 13.5 Å². The largest absolute Gasteiger partial charge is 0.433 e. The molecule has 2 N–H and O–H groups in total. The Balaban J connectivity index is 2.25. The first-order valence-electron chi connectivity index (χ1n) is 5.01. The second-order valence-electron chi connectivity index (χ2n) is 3.68. The van der Waals surface area contributed by atoms with E-state index in [4.69, 9.17) is 5.73 Å². The summed E-state index contributed by atoms with van der Waals surface area (Å²) in [6, 6.07) is 4.48. The number of nitrogens with two attached hydrogens (primary N) is 1. The van der Waals surface area contributed by atoms with Crippen molar-refractivity contribution >= 4 is 5.69 Å². The van der Waals surface area contributed by atoms with Crippen molar-refractivity contribution in [3.63, 3.8) is 0 Å². The number of rotatable bonds is 2. The third kappa shape index (κ3) is 2.86. The van der Waals surface area contributed by atoms with Gasteiger partial charge in [-0.1, -0.05) is 11.8 Å². The molecule has 0 aromatic heterocycles. The maximum atomic E-state index is 12.1. The number of ether oxygens (including phenoxy) is 1. The molecule has 1 aliphatic rings. The van der Waals surface area contributed by atoms with E-state index in [9.17, 15) is 8.78 Å². The molecule has 1 aromatic rings. The first kappa shape index (κ1) is 10.7. The van der Waals surface area contributed by atoms with Gasteiger partial charge in [-0.2, -0.15) is 8.78 Å². The first-order valence-corrected chi connectivity index (χ1v) is 5.01. The molecule has 2 rings (SSSR count). The van der Waals surface area contributed by atoms with Gasteiger partial charge < -0.3 is 10.5 Å². The van der Waals surface area contributed by atoms with Gasteiger partial charge in [0.1, 0.15) is 5.75 Å². The molecule has 0 spiro atoms. The Bertz CT molecular complexity index is 444. The number of halogens is 2. The molecule has 0 saturated heterocycles. The lowest BCUT2D eigenvalue weighted by molar-refractivity contribution is -0.0500. The highest BCUT2D eigenvalue weighted by atomic mass is 19.3. The molecule has 0 aliphatic heterocycles. The highest BCUT2D eigenvalue weighted by molar-refractivity contribution is 5.55. The summed E-state index contributed by atoms with van der Waals surface area (Å²) in [5, 5.41) is 0. The van der Waals surface area contributed by atoms with Crippen LogP contribution in [0.1, 0.15) is 18.4 Å². The lowest BCUT2D eigenvalue weighted by atomic mass is 10.2. The van der Waals surface area contributed by atoms with Crippen LogP contribution in [0.15, 0.2) is 18.2 Å². The molecule has 0 unspecified atom stereocenters. The smallest absolute Gasteiger partial charge is 0.387 e. The van der Waals surface area contributed by atoms with Crippen LogP contribution in [0.25, 0.3) is 0 Å². The lowest BCUT2D eigenvalue weighted by Gasteiger charge is -2.07. The quantitative estimate of drug-likeness (QED) is 0.618. The monoisotopic (exact) mass is 223 g/mol. The molecule has 1 aromatic carbocycles. The summed E-state index contributed by atoms with van der Waals surface area (Å²) < 4.78 is 28.6.